The molecule has 204 valence electrons. The van der Waals surface area contributed by atoms with Crippen molar-refractivity contribution in [1.82, 2.24) is 10.2 Å². The number of ether oxygens (including phenoxy) is 1. The highest BCUT2D eigenvalue weighted by molar-refractivity contribution is 6.01. The van der Waals surface area contributed by atoms with Crippen molar-refractivity contribution in [2.45, 2.75) is 58.7 Å². The van der Waals surface area contributed by atoms with Gasteiger partial charge in [-0.3, -0.25) is 14.5 Å². The zero-order valence-electron chi connectivity index (χ0n) is 22.9. The molecule has 0 saturated heterocycles. The highest BCUT2D eigenvalue weighted by Gasteiger charge is 2.38. The van der Waals surface area contributed by atoms with Gasteiger partial charge in [0.25, 0.3) is 11.8 Å². The molecule has 3 rings (SSSR count). The average Bonchev–Trinajstić information content (AvgIpc) is 2.88. The summed E-state index contributed by atoms with van der Waals surface area (Å²) in [6.07, 6.45) is 5.61. The molecule has 0 radical (unpaired) electrons. The van der Waals surface area contributed by atoms with Crippen molar-refractivity contribution in [2.24, 2.45) is 5.92 Å². The van der Waals surface area contributed by atoms with Gasteiger partial charge < -0.3 is 20.5 Å². The lowest BCUT2D eigenvalue weighted by Crippen LogP contribution is -2.53. The van der Waals surface area contributed by atoms with Crippen LogP contribution in [0.15, 0.2) is 66.7 Å². The van der Waals surface area contributed by atoms with Crippen LogP contribution in [0.4, 0.5) is 10.5 Å². The molecule has 0 aliphatic rings. The number of alkyl carbamates (subject to hydrolysis) is 1. The summed E-state index contributed by atoms with van der Waals surface area (Å²) in [6, 6.07) is 19.1. The van der Waals surface area contributed by atoms with E-state index in [9.17, 15) is 19.5 Å². The molecule has 3 aromatic rings. The van der Waals surface area contributed by atoms with Crippen LogP contribution in [-0.4, -0.2) is 39.6 Å². The van der Waals surface area contributed by atoms with Gasteiger partial charge in [-0.25, -0.2) is 4.79 Å². The quantitative estimate of drug-likeness (QED) is 0.261. The number of benzene rings is 3. The summed E-state index contributed by atoms with van der Waals surface area (Å²) in [5.41, 5.74) is 0.0429. The molecular weight excluding hydrogens is 494 g/mol. The number of hydrogen-bond donors (Lipinski definition) is 3. The molecule has 0 aromatic heterocycles. The smallest absolute Gasteiger partial charge is 0.408 e. The highest BCUT2D eigenvalue weighted by Crippen LogP contribution is 2.28. The van der Waals surface area contributed by atoms with Gasteiger partial charge in [0.1, 0.15) is 23.4 Å². The molecule has 8 nitrogen and oxygen atoms in total. The first-order chi connectivity index (χ1) is 18.4. The topological polar surface area (TPSA) is 108 Å². The fraction of sp³-hybridized carbons (Fsp3) is 0.323. The van der Waals surface area contributed by atoms with Crippen molar-refractivity contribution in [3.8, 4) is 18.2 Å². The maximum absolute atomic E-state index is 13.9. The van der Waals surface area contributed by atoms with Gasteiger partial charge in [0, 0.05) is 11.7 Å². The van der Waals surface area contributed by atoms with Crippen molar-refractivity contribution in [3.05, 3.63) is 72.3 Å². The molecule has 0 spiro atoms. The van der Waals surface area contributed by atoms with Crippen LogP contribution in [-0.2, 0) is 14.3 Å². The third-order valence-corrected chi connectivity index (χ3v) is 6.24. The van der Waals surface area contributed by atoms with Crippen LogP contribution in [0.25, 0.3) is 10.8 Å². The first kappa shape index (κ1) is 29.1. The molecule has 3 aromatic carbocycles. The van der Waals surface area contributed by atoms with Gasteiger partial charge in [-0.2, -0.15) is 0 Å². The Morgan fingerprint density at radius 3 is 2.33 bits per heavy atom. The van der Waals surface area contributed by atoms with E-state index in [1.807, 2.05) is 43.3 Å². The van der Waals surface area contributed by atoms with Gasteiger partial charge in [0.2, 0.25) is 0 Å². The fourth-order valence-corrected chi connectivity index (χ4v) is 4.12. The Morgan fingerprint density at radius 2 is 1.72 bits per heavy atom. The van der Waals surface area contributed by atoms with Crippen molar-refractivity contribution in [2.75, 3.05) is 5.32 Å². The average molecular weight is 530 g/mol. The van der Waals surface area contributed by atoms with Crippen LogP contribution in [0.1, 0.15) is 52.6 Å². The van der Waals surface area contributed by atoms with Gasteiger partial charge in [0.15, 0.2) is 0 Å². The second kappa shape index (κ2) is 12.4. The molecule has 8 heteroatoms. The monoisotopic (exact) mass is 529 g/mol. The number of phenols is 1. The maximum Gasteiger partial charge on any atom is 0.408 e. The number of nitrogens with one attached hydrogen (secondary N) is 2. The summed E-state index contributed by atoms with van der Waals surface area (Å²) >= 11 is 0. The Kier molecular flexibility index (Phi) is 9.20. The number of hydrogen-bond acceptors (Lipinski definition) is 5. The second-order valence-electron chi connectivity index (χ2n) is 10.4. The summed E-state index contributed by atoms with van der Waals surface area (Å²) < 4.78 is 5.36. The zero-order valence-corrected chi connectivity index (χ0v) is 22.9. The Bertz CT molecular complexity index is 1390. The van der Waals surface area contributed by atoms with Gasteiger partial charge >= 0.3 is 6.09 Å². The molecular formula is C31H35N3O5. The highest BCUT2D eigenvalue weighted by atomic mass is 16.6. The molecule has 3 unspecified atom stereocenters. The van der Waals surface area contributed by atoms with Crippen LogP contribution in [0.3, 0.4) is 0 Å². The predicted octanol–water partition coefficient (Wildman–Crippen LogP) is 5.58. The molecule has 0 bridgehead atoms. The van der Waals surface area contributed by atoms with Crippen LogP contribution in [0.2, 0.25) is 0 Å². The fourth-order valence-electron chi connectivity index (χ4n) is 4.12. The summed E-state index contributed by atoms with van der Waals surface area (Å²) in [4.78, 5) is 41.2. The van der Waals surface area contributed by atoms with E-state index in [1.54, 1.807) is 45.9 Å². The number of carbonyl (C=O) groups excluding carboxylic acids is 3. The number of terminal acetylenes is 1. The van der Waals surface area contributed by atoms with Crippen LogP contribution in [0, 0.1) is 18.4 Å². The molecule has 0 saturated carbocycles. The molecule has 0 aliphatic carbocycles. The number of fused-ring (bicyclic) bond motifs is 1. The molecule has 3 atom stereocenters. The van der Waals surface area contributed by atoms with E-state index in [-0.39, 0.29) is 11.7 Å². The Morgan fingerprint density at radius 1 is 1.03 bits per heavy atom. The minimum absolute atomic E-state index is 0.0919. The largest absolute Gasteiger partial charge is 0.508 e. The third kappa shape index (κ3) is 7.51. The minimum atomic E-state index is -1.30. The van der Waals surface area contributed by atoms with Gasteiger partial charge in [-0.1, -0.05) is 69.2 Å². The minimum Gasteiger partial charge on any atom is -0.508 e. The molecule has 0 aliphatic heterocycles. The van der Waals surface area contributed by atoms with E-state index >= 15 is 0 Å². The number of anilines is 1. The Hall–Kier alpha value is -4.51. The van der Waals surface area contributed by atoms with Crippen LogP contribution >= 0.6 is 0 Å². The van der Waals surface area contributed by atoms with Gasteiger partial charge in [0.05, 0.1) is 0 Å². The third-order valence-electron chi connectivity index (χ3n) is 6.24. The summed E-state index contributed by atoms with van der Waals surface area (Å²) in [6.45, 7) is 8.83. The summed E-state index contributed by atoms with van der Waals surface area (Å²) in [5, 5.41) is 17.6. The van der Waals surface area contributed by atoms with E-state index in [0.29, 0.717) is 17.7 Å². The van der Waals surface area contributed by atoms with Gasteiger partial charge in [-0.05, 0) is 67.3 Å². The number of phenolic OH excluding ortho intramolecular Hbond substituents is 1. The Balaban J connectivity index is 1.99. The summed E-state index contributed by atoms with van der Waals surface area (Å²) in [5.74, 6) is -1.65. The summed E-state index contributed by atoms with van der Waals surface area (Å²) in [7, 11) is 0. The molecule has 3 N–H and O–H groups in total. The standard InChI is InChI=1S/C31H35N3O5/c1-7-20(3)26(33-30(38)39-31(4,5)6)29(37)34(8-2)27(23-14-11-15-25(35)19-23)28(36)32-24-17-16-21-12-9-10-13-22(21)18-24/h2,9-20,26-27,35H,7H2,1,3-6H3,(H,32,36)(H,33,38). The van der Waals surface area contributed by atoms with Crippen molar-refractivity contribution in [1.29, 1.82) is 0 Å². The molecule has 39 heavy (non-hydrogen) atoms. The zero-order chi connectivity index (χ0) is 28.7. The maximum atomic E-state index is 13.9. The van der Waals surface area contributed by atoms with E-state index in [2.05, 4.69) is 16.7 Å². The number of rotatable bonds is 8. The van der Waals surface area contributed by atoms with Crippen molar-refractivity contribution < 1.29 is 24.2 Å². The lowest BCUT2D eigenvalue weighted by Gasteiger charge is -2.32. The number of amides is 3. The predicted molar refractivity (Wildman–Crippen MR) is 152 cm³/mol. The van der Waals surface area contributed by atoms with Crippen LogP contribution in [0.5, 0.6) is 5.75 Å². The second-order valence-corrected chi connectivity index (χ2v) is 10.4. The van der Waals surface area contributed by atoms with Crippen LogP contribution < -0.4 is 10.6 Å². The van der Waals surface area contributed by atoms with E-state index in [1.165, 1.54) is 12.1 Å². The van der Waals surface area contributed by atoms with Gasteiger partial charge in [-0.15, -0.1) is 0 Å². The number of aromatic hydroxyl groups is 1. The lowest BCUT2D eigenvalue weighted by molar-refractivity contribution is -0.137. The van der Waals surface area contributed by atoms with E-state index < -0.39 is 35.6 Å². The van der Waals surface area contributed by atoms with Crippen molar-refractivity contribution >= 4 is 34.4 Å². The first-order valence-electron chi connectivity index (χ1n) is 12.8. The van der Waals surface area contributed by atoms with E-state index in [0.717, 1.165) is 15.7 Å². The molecule has 0 heterocycles. The number of nitrogens with zero attached hydrogens (tertiary/aromatic N) is 1. The normalized spacial score (nSPS) is 13.4. The lowest BCUT2D eigenvalue weighted by atomic mass is 9.96. The molecule has 0 fully saturated rings. The number of carbonyl (C=O) groups is 3. The van der Waals surface area contributed by atoms with Crippen molar-refractivity contribution in [3.63, 3.8) is 0 Å². The Labute approximate surface area is 229 Å². The first-order valence-corrected chi connectivity index (χ1v) is 12.8. The SMILES string of the molecule is C#CN(C(=O)C(NC(=O)OC(C)(C)C)C(C)CC)C(C(=O)Nc1ccc2ccccc2c1)c1cccc(O)c1. The molecule has 3 amide bonds. The van der Waals surface area contributed by atoms with E-state index in [4.69, 9.17) is 11.2 Å².